The molecule has 2 aliphatic heterocycles. The Morgan fingerprint density at radius 3 is 1.19 bits per heavy atom. The third-order valence-electron chi connectivity index (χ3n) is 15.6. The van der Waals surface area contributed by atoms with Crippen molar-refractivity contribution in [3.05, 3.63) is 157 Å². The van der Waals surface area contributed by atoms with Gasteiger partial charge >= 0.3 is 0 Å². The van der Waals surface area contributed by atoms with Gasteiger partial charge in [-0.25, -0.2) is 0 Å². The van der Waals surface area contributed by atoms with E-state index in [1.54, 1.807) is 0 Å². The minimum atomic E-state index is 0.0957. The van der Waals surface area contributed by atoms with Crippen molar-refractivity contribution in [2.24, 2.45) is 11.8 Å². The van der Waals surface area contributed by atoms with Gasteiger partial charge in [0.2, 0.25) is 0 Å². The summed E-state index contributed by atoms with van der Waals surface area (Å²) < 4.78 is 0. The third-order valence-corrected chi connectivity index (χ3v) is 15.6. The van der Waals surface area contributed by atoms with Crippen LogP contribution in [0, 0.1) is 11.8 Å². The van der Waals surface area contributed by atoms with Crippen molar-refractivity contribution in [3.8, 4) is 22.3 Å². The Balaban J connectivity index is 0.935. The molecule has 0 bridgehead atoms. The second-order valence-electron chi connectivity index (χ2n) is 19.2. The van der Waals surface area contributed by atoms with Crippen LogP contribution in [0.25, 0.3) is 54.6 Å². The Morgan fingerprint density at radius 1 is 0.431 bits per heavy atom. The fourth-order valence-corrected chi connectivity index (χ4v) is 12.6. The number of nitrogens with zero attached hydrogens (tertiary/aromatic N) is 2. The Bertz CT molecular complexity index is 2630. The second kappa shape index (κ2) is 12.5. The number of para-hydroxylation sites is 2. The van der Waals surface area contributed by atoms with Crippen LogP contribution in [0.15, 0.2) is 146 Å². The molecule has 8 aromatic carbocycles. The second-order valence-corrected chi connectivity index (χ2v) is 19.2. The summed E-state index contributed by atoms with van der Waals surface area (Å²) in [5.74, 6) is 2.53. The third kappa shape index (κ3) is 4.90. The normalized spacial score (nSPS) is 26.3. The predicted octanol–water partition coefficient (Wildman–Crippen LogP) is 15.5. The molecule has 0 spiro atoms. The summed E-state index contributed by atoms with van der Waals surface area (Å²) in [5, 5.41) is 8.06. The van der Waals surface area contributed by atoms with E-state index in [0.29, 0.717) is 11.8 Å². The lowest BCUT2D eigenvalue weighted by Gasteiger charge is -2.45. The zero-order valence-electron chi connectivity index (χ0n) is 34.3. The molecule has 6 unspecified atom stereocenters. The Hall–Kier alpha value is -5.60. The van der Waals surface area contributed by atoms with Crippen molar-refractivity contribution < 1.29 is 0 Å². The first-order valence-corrected chi connectivity index (χ1v) is 22.0. The molecule has 286 valence electrons. The van der Waals surface area contributed by atoms with Crippen LogP contribution < -0.4 is 9.80 Å². The van der Waals surface area contributed by atoms with Gasteiger partial charge in [-0.2, -0.15) is 0 Å². The molecule has 12 rings (SSSR count). The van der Waals surface area contributed by atoms with Crippen molar-refractivity contribution in [2.75, 3.05) is 9.80 Å². The quantitative estimate of drug-likeness (QED) is 0.165. The maximum atomic E-state index is 2.67. The van der Waals surface area contributed by atoms with Gasteiger partial charge in [-0.15, -0.1) is 0 Å². The highest BCUT2D eigenvalue weighted by Gasteiger charge is 2.52. The summed E-state index contributed by atoms with van der Waals surface area (Å²) >= 11 is 0. The molecule has 2 heteroatoms. The monoisotopic (exact) mass is 752 g/mol. The van der Waals surface area contributed by atoms with Crippen molar-refractivity contribution >= 4 is 55.1 Å². The lowest BCUT2D eigenvalue weighted by atomic mass is 9.69. The van der Waals surface area contributed by atoms with Crippen molar-refractivity contribution in [1.82, 2.24) is 0 Å². The summed E-state index contributed by atoms with van der Waals surface area (Å²) in [6, 6.07) is 56.2. The van der Waals surface area contributed by atoms with Crippen molar-refractivity contribution in [1.29, 1.82) is 0 Å². The molecule has 8 aromatic rings. The van der Waals surface area contributed by atoms with Crippen LogP contribution in [0.5, 0.6) is 0 Å². The SMILES string of the molecule is CC1CCC2(C)C(C1)c1cc(-c3cc4ccc5cc(-c6ccc7c(c6)C6CC(C)CCC6(C)N7c6ccccc6)cc6ccc(c3)c4c56)ccc1N2c1ccccc1. The van der Waals surface area contributed by atoms with Crippen LogP contribution >= 0.6 is 0 Å². The van der Waals surface area contributed by atoms with Crippen LogP contribution in [0.1, 0.15) is 89.2 Å². The van der Waals surface area contributed by atoms with E-state index in [9.17, 15) is 0 Å². The highest BCUT2D eigenvalue weighted by atomic mass is 15.2. The first-order valence-electron chi connectivity index (χ1n) is 22.0. The molecule has 0 N–H and O–H groups in total. The molecule has 58 heavy (non-hydrogen) atoms. The number of hydrogen-bond donors (Lipinski definition) is 0. The first kappa shape index (κ1) is 34.4. The topological polar surface area (TPSA) is 6.48 Å². The molecule has 6 atom stereocenters. The lowest BCUT2D eigenvalue weighted by Crippen LogP contribution is -2.46. The zero-order valence-corrected chi connectivity index (χ0v) is 34.3. The zero-order chi connectivity index (χ0) is 38.9. The molecule has 0 aromatic heterocycles. The van der Waals surface area contributed by atoms with Gasteiger partial charge in [-0.05, 0) is 203 Å². The van der Waals surface area contributed by atoms with E-state index in [4.69, 9.17) is 0 Å². The van der Waals surface area contributed by atoms with E-state index >= 15 is 0 Å². The number of fused-ring (bicyclic) bond motifs is 6. The number of anilines is 4. The van der Waals surface area contributed by atoms with Gasteiger partial charge in [0.1, 0.15) is 0 Å². The molecule has 4 aliphatic rings. The average molecular weight is 753 g/mol. The van der Waals surface area contributed by atoms with Crippen LogP contribution in [0.3, 0.4) is 0 Å². The number of rotatable bonds is 4. The molecule has 0 amide bonds. The molecule has 0 radical (unpaired) electrons. The van der Waals surface area contributed by atoms with Gasteiger partial charge in [0, 0.05) is 45.7 Å². The van der Waals surface area contributed by atoms with Crippen LogP contribution in [-0.4, -0.2) is 11.1 Å². The van der Waals surface area contributed by atoms with Crippen molar-refractivity contribution in [2.45, 2.75) is 89.1 Å². The summed E-state index contributed by atoms with van der Waals surface area (Å²) in [6.07, 6.45) is 7.51. The molecule has 0 saturated heterocycles. The molecule has 2 aliphatic carbocycles. The summed E-state index contributed by atoms with van der Waals surface area (Å²) in [7, 11) is 0. The fourth-order valence-electron chi connectivity index (χ4n) is 12.6. The highest BCUT2D eigenvalue weighted by molar-refractivity contribution is 6.24. The molecule has 2 nitrogen and oxygen atoms in total. The fraction of sp³-hybridized carbons (Fsp3) is 0.286. The maximum Gasteiger partial charge on any atom is 0.0492 e. The van der Waals surface area contributed by atoms with Crippen LogP contribution in [0.2, 0.25) is 0 Å². The Morgan fingerprint density at radius 2 is 0.810 bits per heavy atom. The van der Waals surface area contributed by atoms with Crippen LogP contribution in [0.4, 0.5) is 22.7 Å². The van der Waals surface area contributed by atoms with E-state index in [-0.39, 0.29) is 11.1 Å². The molecule has 2 saturated carbocycles. The summed E-state index contributed by atoms with van der Waals surface area (Å²) in [6.45, 7) is 9.94. The molecule has 2 heterocycles. The van der Waals surface area contributed by atoms with E-state index in [0.717, 1.165) is 11.8 Å². The minimum Gasteiger partial charge on any atom is -0.335 e. The highest BCUT2D eigenvalue weighted by Crippen LogP contribution is 2.60. The van der Waals surface area contributed by atoms with E-state index in [2.05, 4.69) is 183 Å². The molecular weight excluding hydrogens is 701 g/mol. The maximum absolute atomic E-state index is 2.67. The smallest absolute Gasteiger partial charge is 0.0492 e. The van der Waals surface area contributed by atoms with E-state index < -0.39 is 0 Å². The van der Waals surface area contributed by atoms with Gasteiger partial charge in [-0.3, -0.25) is 0 Å². The lowest BCUT2D eigenvalue weighted by molar-refractivity contribution is 0.237. The van der Waals surface area contributed by atoms with Crippen LogP contribution in [-0.2, 0) is 0 Å². The standard InChI is InChI=1S/C56H52N2/c1-35-23-25-55(3)49(27-35)47-33-37(19-21-51(47)57(55)45-11-7-5-8-12-45)43-29-39-15-17-41-31-44(32-42-18-16-40(30-43)53(39)54(41)42)38-20-22-52-48(34-38)50-28-36(2)24-26-56(50,4)58(52)46-13-9-6-10-14-46/h5-22,29-36,49-50H,23-28H2,1-4H3. The van der Waals surface area contributed by atoms with Gasteiger partial charge in [0.15, 0.2) is 0 Å². The van der Waals surface area contributed by atoms with Gasteiger partial charge in [0.25, 0.3) is 0 Å². The Kier molecular flexibility index (Phi) is 7.39. The van der Waals surface area contributed by atoms with Gasteiger partial charge < -0.3 is 9.80 Å². The summed E-state index contributed by atoms with van der Waals surface area (Å²) in [5.41, 5.74) is 13.9. The summed E-state index contributed by atoms with van der Waals surface area (Å²) in [4.78, 5) is 5.35. The van der Waals surface area contributed by atoms with Gasteiger partial charge in [0.05, 0.1) is 0 Å². The van der Waals surface area contributed by atoms with Crippen molar-refractivity contribution in [3.63, 3.8) is 0 Å². The Labute approximate surface area is 343 Å². The molecular formula is C56H52N2. The predicted molar refractivity (Wildman–Crippen MR) is 247 cm³/mol. The van der Waals surface area contributed by atoms with E-state index in [1.807, 2.05) is 0 Å². The first-order chi connectivity index (χ1) is 28.3. The number of hydrogen-bond acceptors (Lipinski definition) is 2. The van der Waals surface area contributed by atoms with Gasteiger partial charge in [-0.1, -0.05) is 86.6 Å². The molecule has 2 fully saturated rings. The minimum absolute atomic E-state index is 0.0957. The average Bonchev–Trinajstić information content (AvgIpc) is 3.66. The number of benzene rings is 8. The largest absolute Gasteiger partial charge is 0.335 e. The van der Waals surface area contributed by atoms with E-state index in [1.165, 1.54) is 127 Å².